The monoisotopic (exact) mass is 581 g/mol. The van der Waals surface area contributed by atoms with Gasteiger partial charge in [-0.1, -0.05) is 34.4 Å². The van der Waals surface area contributed by atoms with Crippen LogP contribution in [0.4, 0.5) is 0 Å². The third kappa shape index (κ3) is 4.37. The first-order valence-corrected chi connectivity index (χ1v) is 14.7. The fourth-order valence-corrected chi connectivity index (χ4v) is 7.90. The van der Waals surface area contributed by atoms with E-state index in [1.807, 2.05) is 18.2 Å². The highest BCUT2D eigenvalue weighted by atomic mass is 35.5. The molecule has 2 aromatic heterocycles. The Morgan fingerprint density at radius 1 is 1.13 bits per heavy atom. The third-order valence-electron chi connectivity index (χ3n) is 8.27. The van der Waals surface area contributed by atoms with E-state index in [1.54, 1.807) is 18.2 Å². The molecule has 2 bridgehead atoms. The van der Waals surface area contributed by atoms with Gasteiger partial charge in [0.1, 0.15) is 22.1 Å². The molecule has 7 rings (SSSR count). The Hall–Kier alpha value is -2.51. The van der Waals surface area contributed by atoms with Crippen molar-refractivity contribution in [2.24, 2.45) is 11.8 Å². The van der Waals surface area contributed by atoms with Crippen LogP contribution in [0, 0.1) is 23.2 Å². The Morgan fingerprint density at radius 2 is 1.87 bits per heavy atom. The van der Waals surface area contributed by atoms with Gasteiger partial charge in [0.15, 0.2) is 0 Å². The first kappa shape index (κ1) is 25.5. The lowest BCUT2D eigenvalue weighted by Crippen LogP contribution is -2.55. The maximum absolute atomic E-state index is 12.1. The van der Waals surface area contributed by atoms with Crippen molar-refractivity contribution in [3.63, 3.8) is 0 Å². The molecular formula is C29H25Cl2N3O4S. The van der Waals surface area contributed by atoms with Crippen molar-refractivity contribution in [2.45, 2.75) is 49.9 Å². The molecule has 200 valence electrons. The van der Waals surface area contributed by atoms with Crippen molar-refractivity contribution in [1.82, 2.24) is 10.1 Å². The molecule has 0 spiro atoms. The quantitative estimate of drug-likeness (QED) is 0.266. The summed E-state index contributed by atoms with van der Waals surface area (Å²) in [6, 6.07) is 13.0. The topological polar surface area (TPSA) is 101 Å². The number of aliphatic hydroxyl groups is 1. The van der Waals surface area contributed by atoms with E-state index in [0.717, 1.165) is 34.4 Å². The normalized spacial score (nSPS) is 26.6. The van der Waals surface area contributed by atoms with E-state index in [9.17, 15) is 10.4 Å². The molecule has 1 N–H and O–H groups in total. The largest absolute Gasteiger partial charge is 0.382 e. The maximum atomic E-state index is 12.1. The highest BCUT2D eigenvalue weighted by Gasteiger charge is 2.55. The summed E-state index contributed by atoms with van der Waals surface area (Å²) < 4.78 is 19.1. The Bertz CT molecular complexity index is 1570. The van der Waals surface area contributed by atoms with Crippen LogP contribution in [0.2, 0.25) is 10.0 Å². The number of thiazole rings is 1. The van der Waals surface area contributed by atoms with E-state index in [-0.39, 0.29) is 17.9 Å². The molecule has 7 nitrogen and oxygen atoms in total. The van der Waals surface area contributed by atoms with Gasteiger partial charge in [-0.2, -0.15) is 5.26 Å². The van der Waals surface area contributed by atoms with Gasteiger partial charge in [0.25, 0.3) is 0 Å². The molecule has 39 heavy (non-hydrogen) atoms. The van der Waals surface area contributed by atoms with Crippen LogP contribution in [0.25, 0.3) is 21.5 Å². The number of rotatable bonds is 6. The maximum Gasteiger partial charge on any atom is 0.145 e. The lowest BCUT2D eigenvalue weighted by molar-refractivity contribution is -0.209. The first-order chi connectivity index (χ1) is 19.0. The summed E-state index contributed by atoms with van der Waals surface area (Å²) in [4.78, 5) is 4.79. The van der Waals surface area contributed by atoms with Crippen LogP contribution in [0.1, 0.15) is 53.5 Å². The van der Waals surface area contributed by atoms with Crippen LogP contribution in [0.5, 0.6) is 0 Å². The van der Waals surface area contributed by atoms with Crippen LogP contribution in [0.15, 0.2) is 40.9 Å². The van der Waals surface area contributed by atoms with Gasteiger partial charge in [0, 0.05) is 28.9 Å². The van der Waals surface area contributed by atoms with Crippen molar-refractivity contribution in [2.75, 3.05) is 13.2 Å². The predicted molar refractivity (Wildman–Crippen MR) is 148 cm³/mol. The number of nitriles is 1. The molecule has 2 aromatic carbocycles. The summed E-state index contributed by atoms with van der Waals surface area (Å²) in [5.74, 6) is 0.877. The molecule has 2 aliphatic carbocycles. The van der Waals surface area contributed by atoms with Gasteiger partial charge in [0.2, 0.25) is 0 Å². The zero-order valence-corrected chi connectivity index (χ0v) is 23.2. The molecular weight excluding hydrogens is 557 g/mol. The lowest BCUT2D eigenvalue weighted by Gasteiger charge is -2.50. The zero-order valence-electron chi connectivity index (χ0n) is 20.9. The molecule has 4 aromatic rings. The summed E-state index contributed by atoms with van der Waals surface area (Å²) in [5, 5.41) is 27.5. The van der Waals surface area contributed by atoms with E-state index in [4.69, 9.17) is 42.2 Å². The van der Waals surface area contributed by atoms with Crippen molar-refractivity contribution < 1.29 is 19.1 Å². The molecule has 2 saturated carbocycles. The average Bonchev–Trinajstić information content (AvgIpc) is 3.53. The Morgan fingerprint density at radius 3 is 2.56 bits per heavy atom. The molecule has 1 aliphatic heterocycles. The molecule has 10 heteroatoms. The lowest BCUT2D eigenvalue weighted by atomic mass is 9.66. The molecule has 1 unspecified atom stereocenters. The summed E-state index contributed by atoms with van der Waals surface area (Å²) in [6.45, 7) is 1.20. The number of aromatic nitrogens is 2. The summed E-state index contributed by atoms with van der Waals surface area (Å²) in [5.41, 5.74) is 2.48. The van der Waals surface area contributed by atoms with E-state index in [1.165, 1.54) is 11.3 Å². The standard InChI is InChI=1S/C29H25Cl2N3O4S/c30-21-2-1-3-22(31)25(21)26-20(27(38-34-26)16-5-6-16)14-37-19-9-17-12-36-13-18(10-19)29(17,35)28-33-23-7-4-15(11-32)8-24(23)39-28/h1-4,7-8,16-19,35H,5-6,9-10,12-14H2/t17-,18+,19?,29-. The van der Waals surface area contributed by atoms with Gasteiger partial charge in [0.05, 0.1) is 57.8 Å². The van der Waals surface area contributed by atoms with E-state index in [2.05, 4.69) is 11.2 Å². The Balaban J connectivity index is 1.15. The fourth-order valence-electron chi connectivity index (χ4n) is 6.07. The Kier molecular flexibility index (Phi) is 6.43. The van der Waals surface area contributed by atoms with Gasteiger partial charge in [-0.25, -0.2) is 4.98 Å². The molecule has 4 atom stereocenters. The summed E-state index contributed by atoms with van der Waals surface area (Å²) >= 11 is 14.5. The van der Waals surface area contributed by atoms with Crippen LogP contribution in [-0.2, 0) is 21.7 Å². The number of nitrogens with zero attached hydrogens (tertiary/aromatic N) is 3. The van der Waals surface area contributed by atoms with Crippen LogP contribution in [-0.4, -0.2) is 34.6 Å². The molecule has 1 saturated heterocycles. The van der Waals surface area contributed by atoms with Crippen molar-refractivity contribution in [3.05, 3.63) is 68.3 Å². The molecule has 0 amide bonds. The number of ether oxygens (including phenoxy) is 2. The van der Waals surface area contributed by atoms with Gasteiger partial charge in [-0.3, -0.25) is 0 Å². The summed E-state index contributed by atoms with van der Waals surface area (Å²) in [6.07, 6.45) is 3.33. The van der Waals surface area contributed by atoms with Gasteiger partial charge in [-0.05, 0) is 56.0 Å². The molecule has 3 fully saturated rings. The fraction of sp³-hybridized carbons (Fsp3) is 0.414. The van der Waals surface area contributed by atoms with Crippen LogP contribution >= 0.6 is 34.5 Å². The van der Waals surface area contributed by atoms with Crippen LogP contribution in [0.3, 0.4) is 0 Å². The smallest absolute Gasteiger partial charge is 0.145 e. The second kappa shape index (κ2) is 9.84. The number of hydrogen-bond donors (Lipinski definition) is 1. The minimum Gasteiger partial charge on any atom is -0.382 e. The van der Waals surface area contributed by atoms with Crippen molar-refractivity contribution in [1.29, 1.82) is 5.26 Å². The number of fused-ring (bicyclic) bond motifs is 3. The average molecular weight is 583 g/mol. The van der Waals surface area contributed by atoms with E-state index in [0.29, 0.717) is 70.5 Å². The number of hydrogen-bond acceptors (Lipinski definition) is 8. The molecule has 0 radical (unpaired) electrons. The van der Waals surface area contributed by atoms with Gasteiger partial charge >= 0.3 is 0 Å². The molecule has 3 aliphatic rings. The number of benzene rings is 2. The van der Waals surface area contributed by atoms with E-state index >= 15 is 0 Å². The first-order valence-electron chi connectivity index (χ1n) is 13.1. The van der Waals surface area contributed by atoms with Crippen LogP contribution < -0.4 is 0 Å². The summed E-state index contributed by atoms with van der Waals surface area (Å²) in [7, 11) is 0. The van der Waals surface area contributed by atoms with E-state index < -0.39 is 5.60 Å². The highest BCUT2D eigenvalue weighted by Crippen LogP contribution is 2.51. The zero-order chi connectivity index (χ0) is 26.7. The van der Waals surface area contributed by atoms with Crippen molar-refractivity contribution >= 4 is 44.8 Å². The Labute approximate surface area is 239 Å². The number of halogens is 2. The minimum atomic E-state index is -1.10. The van der Waals surface area contributed by atoms with Gasteiger partial charge < -0.3 is 19.1 Å². The van der Waals surface area contributed by atoms with Crippen molar-refractivity contribution in [3.8, 4) is 17.3 Å². The predicted octanol–water partition coefficient (Wildman–Crippen LogP) is 6.84. The van der Waals surface area contributed by atoms with Gasteiger partial charge in [-0.15, -0.1) is 11.3 Å². The second-order valence-corrected chi connectivity index (χ2v) is 12.6. The minimum absolute atomic E-state index is 0.0692. The second-order valence-electron chi connectivity index (χ2n) is 10.7. The SMILES string of the molecule is N#Cc1ccc2nc([C@]3(O)[C@@H]4COC[C@H]3CC(OCc3c(-c5c(Cl)cccc5Cl)noc3C3CC3)C4)sc2c1. The highest BCUT2D eigenvalue weighted by molar-refractivity contribution is 7.18. The third-order valence-corrected chi connectivity index (χ3v) is 10.1. The molecule has 3 heterocycles.